The smallest absolute Gasteiger partial charge is 0.272 e. The van der Waals surface area contributed by atoms with Gasteiger partial charge in [-0.05, 0) is 97.3 Å². The van der Waals surface area contributed by atoms with Crippen molar-refractivity contribution in [1.82, 2.24) is 5.32 Å². The van der Waals surface area contributed by atoms with Crippen LogP contribution in [0.3, 0.4) is 0 Å². The molecule has 202 valence electrons. The van der Waals surface area contributed by atoms with Crippen molar-refractivity contribution in [3.8, 4) is 0 Å². The molecule has 0 aliphatic carbocycles. The monoisotopic (exact) mass is 569 g/mol. The zero-order valence-electron chi connectivity index (χ0n) is 22.0. The molecule has 0 aliphatic rings. The summed E-state index contributed by atoms with van der Waals surface area (Å²) in [6, 6.07) is 28.7. The Balaban J connectivity index is 1.40. The van der Waals surface area contributed by atoms with Crippen molar-refractivity contribution in [3.05, 3.63) is 130 Å². The fraction of sp³-hybridized carbons (Fsp3) is 0.0938. The van der Waals surface area contributed by atoms with E-state index in [2.05, 4.69) is 22.0 Å². The maximum atomic E-state index is 13.2. The first-order chi connectivity index (χ1) is 19.2. The lowest BCUT2D eigenvalue weighted by Gasteiger charge is -2.12. The first-order valence-corrected chi connectivity index (χ1v) is 13.9. The summed E-state index contributed by atoms with van der Waals surface area (Å²) >= 11 is 7.38. The van der Waals surface area contributed by atoms with Crippen LogP contribution >= 0.6 is 23.4 Å². The van der Waals surface area contributed by atoms with Crippen LogP contribution in [0, 0.1) is 13.8 Å². The minimum Gasteiger partial charge on any atom is -0.325 e. The van der Waals surface area contributed by atoms with Gasteiger partial charge in [-0.3, -0.25) is 14.4 Å². The molecule has 0 aromatic heterocycles. The summed E-state index contributed by atoms with van der Waals surface area (Å²) in [6.45, 7) is 3.98. The molecule has 0 saturated carbocycles. The van der Waals surface area contributed by atoms with Crippen LogP contribution in [-0.4, -0.2) is 23.5 Å². The summed E-state index contributed by atoms with van der Waals surface area (Å²) in [6.07, 6.45) is 1.59. The van der Waals surface area contributed by atoms with Gasteiger partial charge in [-0.2, -0.15) is 0 Å². The molecule has 0 spiro atoms. The fourth-order valence-corrected chi connectivity index (χ4v) is 4.72. The van der Waals surface area contributed by atoms with Crippen LogP contribution in [0.1, 0.15) is 27.0 Å². The van der Waals surface area contributed by atoms with Gasteiger partial charge in [0.25, 0.3) is 11.8 Å². The minimum absolute atomic E-state index is 0.0812. The van der Waals surface area contributed by atoms with Crippen LogP contribution in [0.5, 0.6) is 0 Å². The van der Waals surface area contributed by atoms with Gasteiger partial charge in [-0.1, -0.05) is 48.0 Å². The molecule has 4 aromatic carbocycles. The van der Waals surface area contributed by atoms with Gasteiger partial charge < -0.3 is 16.0 Å². The fourth-order valence-electron chi connectivity index (χ4n) is 3.89. The normalized spacial score (nSPS) is 11.0. The van der Waals surface area contributed by atoms with Crippen LogP contribution in [0.25, 0.3) is 6.08 Å². The van der Waals surface area contributed by atoms with E-state index in [1.165, 1.54) is 11.8 Å². The molecule has 0 saturated heterocycles. The molecule has 0 unspecified atom stereocenters. The third-order valence-corrected chi connectivity index (χ3v) is 6.96. The molecule has 3 amide bonds. The molecular formula is C32H28ClN3O3S. The number of carbonyl (C=O) groups is 3. The lowest BCUT2D eigenvalue weighted by molar-refractivity contribution is -0.114. The summed E-state index contributed by atoms with van der Waals surface area (Å²) in [5.74, 6) is -0.731. The zero-order chi connectivity index (χ0) is 28.5. The van der Waals surface area contributed by atoms with Crippen molar-refractivity contribution in [3.63, 3.8) is 0 Å². The topological polar surface area (TPSA) is 87.3 Å². The molecule has 3 N–H and O–H groups in total. The Kier molecular flexibility index (Phi) is 9.78. The van der Waals surface area contributed by atoms with Gasteiger partial charge in [0.05, 0.1) is 5.75 Å². The molecular weight excluding hydrogens is 542 g/mol. The van der Waals surface area contributed by atoms with Gasteiger partial charge in [-0.25, -0.2) is 0 Å². The Hall–Kier alpha value is -4.33. The predicted octanol–water partition coefficient (Wildman–Crippen LogP) is 7.10. The summed E-state index contributed by atoms with van der Waals surface area (Å²) < 4.78 is 0. The molecule has 0 radical (unpaired) electrons. The number of halogens is 1. The summed E-state index contributed by atoms with van der Waals surface area (Å²) in [5.41, 5.74) is 4.72. The van der Waals surface area contributed by atoms with E-state index in [1.807, 2.05) is 44.2 Å². The highest BCUT2D eigenvalue weighted by molar-refractivity contribution is 8.00. The van der Waals surface area contributed by atoms with E-state index >= 15 is 0 Å². The van der Waals surface area contributed by atoms with E-state index in [0.29, 0.717) is 21.8 Å². The van der Waals surface area contributed by atoms with Crippen LogP contribution in [-0.2, 0) is 9.59 Å². The maximum absolute atomic E-state index is 13.2. The Morgan fingerprint density at radius 2 is 1.43 bits per heavy atom. The summed E-state index contributed by atoms with van der Waals surface area (Å²) in [5, 5.41) is 9.04. The number of nitrogens with one attached hydrogen (secondary N) is 3. The number of benzene rings is 4. The zero-order valence-corrected chi connectivity index (χ0v) is 23.6. The molecule has 4 rings (SSSR count). The number of rotatable bonds is 9. The highest BCUT2D eigenvalue weighted by Gasteiger charge is 2.15. The van der Waals surface area contributed by atoms with Crippen LogP contribution in [0.15, 0.2) is 108 Å². The van der Waals surface area contributed by atoms with Crippen LogP contribution in [0.2, 0.25) is 5.02 Å². The van der Waals surface area contributed by atoms with Crippen molar-refractivity contribution in [2.45, 2.75) is 18.7 Å². The second-order valence-corrected chi connectivity index (χ2v) is 10.6. The number of thioether (sulfide) groups is 1. The molecule has 8 heteroatoms. The first kappa shape index (κ1) is 28.7. The molecule has 0 heterocycles. The maximum Gasteiger partial charge on any atom is 0.272 e. The van der Waals surface area contributed by atoms with Crippen molar-refractivity contribution in [1.29, 1.82) is 0 Å². The largest absolute Gasteiger partial charge is 0.325 e. The number of aryl methyl sites for hydroxylation is 2. The molecule has 0 fully saturated rings. The van der Waals surface area contributed by atoms with E-state index in [-0.39, 0.29) is 17.4 Å². The average molecular weight is 570 g/mol. The van der Waals surface area contributed by atoms with Gasteiger partial charge in [0.2, 0.25) is 5.91 Å². The van der Waals surface area contributed by atoms with Gasteiger partial charge >= 0.3 is 0 Å². The molecule has 6 nitrogen and oxygen atoms in total. The standard InChI is InChI=1S/C32H28ClN3O3S/c1-21-16-22(2)18-27(17-21)34-30(37)20-40-28-14-12-26(13-15-28)35-32(39)29(19-23-8-10-25(33)11-9-23)36-31(38)24-6-4-3-5-7-24/h3-19H,20H2,1-2H3,(H,34,37)(H,35,39)(H,36,38). The predicted molar refractivity (Wildman–Crippen MR) is 164 cm³/mol. The Morgan fingerprint density at radius 1 is 0.775 bits per heavy atom. The molecule has 0 bridgehead atoms. The number of hydrogen-bond donors (Lipinski definition) is 3. The lowest BCUT2D eigenvalue weighted by atomic mass is 10.1. The number of anilines is 2. The number of amides is 3. The number of hydrogen-bond acceptors (Lipinski definition) is 4. The Bertz CT molecular complexity index is 1520. The Morgan fingerprint density at radius 3 is 2.08 bits per heavy atom. The molecule has 0 atom stereocenters. The second kappa shape index (κ2) is 13.6. The van der Waals surface area contributed by atoms with Gasteiger partial charge in [0.1, 0.15) is 5.70 Å². The first-order valence-electron chi connectivity index (χ1n) is 12.5. The highest BCUT2D eigenvalue weighted by atomic mass is 35.5. The van der Waals surface area contributed by atoms with E-state index in [4.69, 9.17) is 11.6 Å². The van der Waals surface area contributed by atoms with Crippen molar-refractivity contribution < 1.29 is 14.4 Å². The van der Waals surface area contributed by atoms with E-state index in [0.717, 1.165) is 21.7 Å². The van der Waals surface area contributed by atoms with Crippen molar-refractivity contribution in [2.24, 2.45) is 0 Å². The second-order valence-electron chi connectivity index (χ2n) is 9.12. The molecule has 0 aliphatic heterocycles. The third kappa shape index (κ3) is 8.59. The van der Waals surface area contributed by atoms with Gasteiger partial charge in [0, 0.05) is 26.9 Å². The van der Waals surface area contributed by atoms with Gasteiger partial charge in [0.15, 0.2) is 0 Å². The Labute approximate surface area is 242 Å². The highest BCUT2D eigenvalue weighted by Crippen LogP contribution is 2.22. The lowest BCUT2D eigenvalue weighted by Crippen LogP contribution is -2.30. The van der Waals surface area contributed by atoms with Crippen molar-refractivity contribution in [2.75, 3.05) is 16.4 Å². The molecule has 40 heavy (non-hydrogen) atoms. The van der Waals surface area contributed by atoms with Crippen LogP contribution < -0.4 is 16.0 Å². The quantitative estimate of drug-likeness (QED) is 0.148. The summed E-state index contributed by atoms with van der Waals surface area (Å²) in [7, 11) is 0. The van der Waals surface area contributed by atoms with Crippen molar-refractivity contribution >= 4 is 58.5 Å². The van der Waals surface area contributed by atoms with E-state index in [9.17, 15) is 14.4 Å². The third-order valence-electron chi connectivity index (χ3n) is 5.70. The van der Waals surface area contributed by atoms with Gasteiger partial charge in [-0.15, -0.1) is 11.8 Å². The number of carbonyl (C=O) groups excluding carboxylic acids is 3. The van der Waals surface area contributed by atoms with E-state index < -0.39 is 11.8 Å². The summed E-state index contributed by atoms with van der Waals surface area (Å²) in [4.78, 5) is 39.3. The SMILES string of the molecule is Cc1cc(C)cc(NC(=O)CSc2ccc(NC(=O)C(=Cc3ccc(Cl)cc3)NC(=O)c3ccccc3)cc2)c1. The average Bonchev–Trinajstić information content (AvgIpc) is 2.93. The minimum atomic E-state index is -0.479. The van der Waals surface area contributed by atoms with E-state index in [1.54, 1.807) is 66.7 Å². The van der Waals surface area contributed by atoms with Crippen LogP contribution in [0.4, 0.5) is 11.4 Å². The molecule has 4 aromatic rings.